The number of aromatic nitrogens is 2. The molecule has 1 aliphatic heterocycles. The van der Waals surface area contributed by atoms with Crippen LogP contribution < -0.4 is 16.2 Å². The van der Waals surface area contributed by atoms with E-state index in [1.165, 1.54) is 30.3 Å². The first-order valence-corrected chi connectivity index (χ1v) is 15.6. The minimum atomic E-state index is -0.266. The molecule has 6 rings (SSSR count). The van der Waals surface area contributed by atoms with E-state index < -0.39 is 0 Å². The average molecular weight is 584 g/mol. The van der Waals surface area contributed by atoms with Gasteiger partial charge in [0.25, 0.3) is 11.5 Å². The number of nitrogens with zero attached hydrogens (tertiary/aromatic N) is 3. The summed E-state index contributed by atoms with van der Waals surface area (Å²) in [6.45, 7) is 4.24. The molecule has 0 bridgehead atoms. The monoisotopic (exact) mass is 583 g/mol. The molecule has 226 valence electrons. The molecule has 3 aliphatic rings. The summed E-state index contributed by atoms with van der Waals surface area (Å²) in [6.07, 6.45) is 10.0. The van der Waals surface area contributed by atoms with Crippen LogP contribution in [0.4, 0.5) is 17.2 Å². The number of rotatable bonds is 6. The second-order valence-electron chi connectivity index (χ2n) is 12.3. The molecule has 2 aromatic carbocycles. The highest BCUT2D eigenvalue weighted by Gasteiger charge is 2.35. The second kappa shape index (κ2) is 12.7. The molecule has 2 saturated carbocycles. The van der Waals surface area contributed by atoms with Gasteiger partial charge in [-0.2, -0.15) is 0 Å². The Labute approximate surface area is 252 Å². The maximum Gasteiger partial charge on any atom is 0.293 e. The molecule has 2 amide bonds. The average Bonchev–Trinajstić information content (AvgIpc) is 3.04. The topological polar surface area (TPSA) is 106 Å². The predicted octanol–water partition coefficient (Wildman–Crippen LogP) is 5.52. The number of hydrogen-bond donors (Lipinski definition) is 2. The maximum absolute atomic E-state index is 13.3. The van der Waals surface area contributed by atoms with E-state index >= 15 is 0 Å². The summed E-state index contributed by atoms with van der Waals surface area (Å²) in [5.74, 6) is 1.81. The van der Waals surface area contributed by atoms with Gasteiger partial charge >= 0.3 is 0 Å². The predicted molar refractivity (Wildman–Crippen MR) is 168 cm³/mol. The SMILES string of the molecule is Cc1c(NC(=O)C2CCC3CCCCC3C2)cccc1-c1cn(C)c(=O)c(Nc2ccc(C(=O)N3CCOCC3)cc2)n1. The van der Waals surface area contributed by atoms with Crippen LogP contribution in [0.5, 0.6) is 0 Å². The Hall–Kier alpha value is -3.98. The van der Waals surface area contributed by atoms with Crippen LogP contribution in [-0.2, 0) is 16.6 Å². The van der Waals surface area contributed by atoms with Crippen molar-refractivity contribution in [3.63, 3.8) is 0 Å². The zero-order chi connectivity index (χ0) is 29.9. The van der Waals surface area contributed by atoms with E-state index in [1.807, 2.05) is 25.1 Å². The fraction of sp³-hybridized carbons (Fsp3) is 0.471. The number of ether oxygens (including phenoxy) is 1. The van der Waals surface area contributed by atoms with Gasteiger partial charge in [-0.25, -0.2) is 4.98 Å². The Morgan fingerprint density at radius 2 is 1.70 bits per heavy atom. The van der Waals surface area contributed by atoms with Crippen LogP contribution in [-0.4, -0.2) is 52.6 Å². The minimum absolute atomic E-state index is 0.0324. The lowest BCUT2D eigenvalue weighted by atomic mass is 9.67. The number of carbonyl (C=O) groups is 2. The third-order valence-corrected chi connectivity index (χ3v) is 9.54. The fourth-order valence-electron chi connectivity index (χ4n) is 6.99. The normalized spacial score (nSPS) is 22.0. The standard InChI is InChI=1S/C34H41N5O4/c1-22-28(8-5-9-29(22)37-32(40)26-11-10-23-6-3-4-7-25(23)20-26)30-21-38(2)34(42)31(36-30)35-27-14-12-24(13-15-27)33(41)39-16-18-43-19-17-39/h5,8-9,12-15,21,23,25-26H,3-4,6-7,10-11,16-20H2,1-2H3,(H,35,36)(H,37,40). The molecule has 2 N–H and O–H groups in total. The summed E-state index contributed by atoms with van der Waals surface area (Å²) in [5.41, 5.74) is 4.13. The molecule has 43 heavy (non-hydrogen) atoms. The van der Waals surface area contributed by atoms with Crippen molar-refractivity contribution in [2.75, 3.05) is 36.9 Å². The molecule has 2 heterocycles. The number of amides is 2. The Bertz CT molecular complexity index is 1540. The van der Waals surface area contributed by atoms with Gasteiger partial charge in [0, 0.05) is 54.8 Å². The highest BCUT2D eigenvalue weighted by Crippen LogP contribution is 2.43. The van der Waals surface area contributed by atoms with Crippen LogP contribution in [0.25, 0.3) is 11.3 Å². The molecule has 9 nitrogen and oxygen atoms in total. The molecule has 3 atom stereocenters. The van der Waals surface area contributed by atoms with E-state index in [9.17, 15) is 14.4 Å². The number of aryl methyl sites for hydroxylation is 1. The Morgan fingerprint density at radius 3 is 2.47 bits per heavy atom. The van der Waals surface area contributed by atoms with Crippen molar-refractivity contribution in [3.05, 3.63) is 70.1 Å². The highest BCUT2D eigenvalue weighted by atomic mass is 16.5. The van der Waals surface area contributed by atoms with Gasteiger partial charge in [-0.1, -0.05) is 37.8 Å². The zero-order valence-electron chi connectivity index (χ0n) is 25.1. The number of hydrogen-bond acceptors (Lipinski definition) is 6. The number of morpholine rings is 1. The molecular formula is C34H41N5O4. The van der Waals surface area contributed by atoms with Crippen LogP contribution in [0.15, 0.2) is 53.5 Å². The van der Waals surface area contributed by atoms with Crippen molar-refractivity contribution in [1.82, 2.24) is 14.5 Å². The van der Waals surface area contributed by atoms with Gasteiger partial charge in [0.2, 0.25) is 5.91 Å². The molecule has 3 aromatic rings. The van der Waals surface area contributed by atoms with Gasteiger partial charge in [0.15, 0.2) is 5.82 Å². The van der Waals surface area contributed by atoms with Crippen LogP contribution in [0.1, 0.15) is 60.9 Å². The molecule has 0 spiro atoms. The van der Waals surface area contributed by atoms with Crippen LogP contribution in [0.2, 0.25) is 0 Å². The highest BCUT2D eigenvalue weighted by molar-refractivity contribution is 5.95. The van der Waals surface area contributed by atoms with Crippen molar-refractivity contribution >= 4 is 29.0 Å². The van der Waals surface area contributed by atoms with Crippen molar-refractivity contribution in [1.29, 1.82) is 0 Å². The zero-order valence-corrected chi connectivity index (χ0v) is 25.1. The van der Waals surface area contributed by atoms with E-state index in [2.05, 4.69) is 10.6 Å². The van der Waals surface area contributed by atoms with Crippen LogP contribution in [0.3, 0.4) is 0 Å². The van der Waals surface area contributed by atoms with Gasteiger partial charge in [-0.15, -0.1) is 0 Å². The number of carbonyl (C=O) groups excluding carboxylic acids is 2. The summed E-state index contributed by atoms with van der Waals surface area (Å²) >= 11 is 0. The lowest BCUT2D eigenvalue weighted by Gasteiger charge is -2.38. The Morgan fingerprint density at radius 1 is 0.953 bits per heavy atom. The number of nitrogens with one attached hydrogen (secondary N) is 2. The van der Waals surface area contributed by atoms with Gasteiger partial charge < -0.3 is 24.8 Å². The van der Waals surface area contributed by atoms with Crippen molar-refractivity contribution in [2.45, 2.75) is 51.9 Å². The lowest BCUT2D eigenvalue weighted by Crippen LogP contribution is -2.40. The summed E-state index contributed by atoms with van der Waals surface area (Å²) < 4.78 is 6.85. The molecule has 0 radical (unpaired) electrons. The van der Waals surface area contributed by atoms with Gasteiger partial charge in [0.1, 0.15) is 0 Å². The maximum atomic E-state index is 13.3. The van der Waals surface area contributed by atoms with Crippen molar-refractivity contribution in [2.24, 2.45) is 24.8 Å². The van der Waals surface area contributed by atoms with Gasteiger partial charge in [0.05, 0.1) is 18.9 Å². The number of benzene rings is 2. The molecule has 1 saturated heterocycles. The first-order valence-electron chi connectivity index (χ1n) is 15.6. The fourth-order valence-corrected chi connectivity index (χ4v) is 6.99. The third kappa shape index (κ3) is 6.37. The summed E-state index contributed by atoms with van der Waals surface area (Å²) in [5, 5.41) is 6.36. The smallest absolute Gasteiger partial charge is 0.293 e. The molecular weight excluding hydrogens is 542 g/mol. The number of anilines is 3. The van der Waals surface area contributed by atoms with Crippen LogP contribution >= 0.6 is 0 Å². The van der Waals surface area contributed by atoms with Crippen molar-refractivity contribution in [3.8, 4) is 11.3 Å². The largest absolute Gasteiger partial charge is 0.378 e. The summed E-state index contributed by atoms with van der Waals surface area (Å²) in [4.78, 5) is 45.6. The molecule has 2 aliphatic carbocycles. The lowest BCUT2D eigenvalue weighted by molar-refractivity contribution is -0.122. The Balaban J connectivity index is 1.18. The van der Waals surface area contributed by atoms with E-state index in [0.29, 0.717) is 49.2 Å². The quantitative estimate of drug-likeness (QED) is 0.396. The van der Waals surface area contributed by atoms with E-state index in [4.69, 9.17) is 9.72 Å². The van der Waals surface area contributed by atoms with Gasteiger partial charge in [-0.3, -0.25) is 14.4 Å². The van der Waals surface area contributed by atoms with Crippen molar-refractivity contribution < 1.29 is 14.3 Å². The second-order valence-corrected chi connectivity index (χ2v) is 12.3. The van der Waals surface area contributed by atoms with E-state index in [0.717, 1.165) is 42.0 Å². The minimum Gasteiger partial charge on any atom is -0.378 e. The van der Waals surface area contributed by atoms with E-state index in [1.54, 1.807) is 42.4 Å². The van der Waals surface area contributed by atoms with Gasteiger partial charge in [-0.05, 0) is 73.9 Å². The molecule has 3 fully saturated rings. The molecule has 3 unspecified atom stereocenters. The summed E-state index contributed by atoms with van der Waals surface area (Å²) in [7, 11) is 1.70. The number of fused-ring (bicyclic) bond motifs is 1. The Kier molecular flexibility index (Phi) is 8.61. The molecule has 9 heteroatoms. The summed E-state index contributed by atoms with van der Waals surface area (Å²) in [6, 6.07) is 12.9. The molecule has 1 aromatic heterocycles. The van der Waals surface area contributed by atoms with Crippen LogP contribution in [0, 0.1) is 24.7 Å². The first kappa shape index (κ1) is 29.1. The third-order valence-electron chi connectivity index (χ3n) is 9.54. The first-order chi connectivity index (χ1) is 20.9. The van der Waals surface area contributed by atoms with E-state index in [-0.39, 0.29) is 29.1 Å².